The largest absolute Gasteiger partial charge is 0.0619 e. The third-order valence-corrected chi connectivity index (χ3v) is 15.1. The van der Waals surface area contributed by atoms with E-state index in [1.807, 2.05) is 0 Å². The lowest BCUT2D eigenvalue weighted by Gasteiger charge is -2.24. The maximum atomic E-state index is 2.58. The van der Waals surface area contributed by atoms with E-state index in [1.54, 1.807) is 0 Å². The summed E-state index contributed by atoms with van der Waals surface area (Å²) in [5.74, 6) is 0. The molecule has 0 radical (unpaired) electrons. The second kappa shape index (κ2) is 11.0. The van der Waals surface area contributed by atoms with Gasteiger partial charge in [0, 0.05) is 10.8 Å². The van der Waals surface area contributed by atoms with Gasteiger partial charge >= 0.3 is 0 Å². The maximum Gasteiger partial charge on any atom is 0.0159 e. The first-order valence-electron chi connectivity index (χ1n) is 21.5. The molecule has 0 saturated heterocycles. The topological polar surface area (TPSA) is 0 Å². The lowest BCUT2D eigenvalue weighted by atomic mass is 9.79. The van der Waals surface area contributed by atoms with Crippen LogP contribution in [-0.2, 0) is 10.8 Å². The fourth-order valence-electron chi connectivity index (χ4n) is 12.5. The van der Waals surface area contributed by atoms with E-state index in [4.69, 9.17) is 0 Å². The summed E-state index contributed by atoms with van der Waals surface area (Å²) < 4.78 is 0. The molecule has 0 saturated carbocycles. The van der Waals surface area contributed by atoms with Gasteiger partial charge in [-0.25, -0.2) is 0 Å². The Hall–Kier alpha value is -7.02. The normalized spacial score (nSPS) is 14.9. The van der Waals surface area contributed by atoms with Crippen LogP contribution in [-0.4, -0.2) is 0 Å². The van der Waals surface area contributed by atoms with Crippen LogP contribution in [0.3, 0.4) is 0 Å². The number of benzene rings is 10. The van der Waals surface area contributed by atoms with Gasteiger partial charge in [-0.1, -0.05) is 179 Å². The minimum atomic E-state index is -0.119. The average molecular weight is 761 g/mol. The molecule has 2 aliphatic carbocycles. The molecule has 0 atom stereocenters. The molecule has 0 fully saturated rings. The van der Waals surface area contributed by atoms with Crippen LogP contribution < -0.4 is 0 Å². The van der Waals surface area contributed by atoms with Gasteiger partial charge in [0.15, 0.2) is 0 Å². The summed E-state index contributed by atoms with van der Waals surface area (Å²) in [7, 11) is 0. The maximum absolute atomic E-state index is 2.58. The van der Waals surface area contributed by atoms with E-state index in [0.29, 0.717) is 0 Å². The minimum Gasteiger partial charge on any atom is -0.0619 e. The summed E-state index contributed by atoms with van der Waals surface area (Å²) in [6.45, 7) is 9.63. The Balaban J connectivity index is 1.23. The van der Waals surface area contributed by atoms with Gasteiger partial charge in [-0.2, -0.15) is 0 Å². The molecule has 0 aliphatic heterocycles. The van der Waals surface area contributed by atoms with E-state index in [0.717, 1.165) is 0 Å². The highest BCUT2D eigenvalue weighted by atomic mass is 14.4. The molecular formula is C60H40. The zero-order valence-electron chi connectivity index (χ0n) is 34.2. The van der Waals surface area contributed by atoms with Crippen molar-refractivity contribution in [1.82, 2.24) is 0 Å². The lowest BCUT2D eigenvalue weighted by Crippen LogP contribution is -2.15. The van der Waals surface area contributed by atoms with Crippen LogP contribution in [0.2, 0.25) is 0 Å². The predicted octanol–water partition coefficient (Wildman–Crippen LogP) is 16.6. The highest BCUT2D eigenvalue weighted by Gasteiger charge is 2.38. The number of hydrogen-bond donors (Lipinski definition) is 0. The van der Waals surface area contributed by atoms with Gasteiger partial charge in [-0.05, 0) is 160 Å². The molecule has 0 spiro atoms. The highest BCUT2D eigenvalue weighted by molar-refractivity contribution is 6.44. The highest BCUT2D eigenvalue weighted by Crippen LogP contribution is 2.58. The van der Waals surface area contributed by atoms with Gasteiger partial charge in [0.2, 0.25) is 0 Å². The van der Waals surface area contributed by atoms with Crippen LogP contribution in [0, 0.1) is 0 Å². The van der Waals surface area contributed by atoms with Crippen LogP contribution in [0.25, 0.3) is 120 Å². The van der Waals surface area contributed by atoms with Crippen molar-refractivity contribution in [3.63, 3.8) is 0 Å². The van der Waals surface area contributed by atoms with Crippen molar-refractivity contribution >= 4 is 75.4 Å². The Morgan fingerprint density at radius 1 is 0.267 bits per heavy atom. The SMILES string of the molecule is CC1(C)c2ccccc2-c2ccc(-c3c4cc5c6ccccc6c6cccc(c4c(-c4ccc7c(c4)C(C)(C)c4ccccc4-7)c4c7cccc8cccc(c34)c87)c65)cc21. The molecule has 280 valence electrons. The zero-order valence-corrected chi connectivity index (χ0v) is 34.2. The lowest BCUT2D eigenvalue weighted by molar-refractivity contribution is 0.660. The Morgan fingerprint density at radius 3 is 1.33 bits per heavy atom. The van der Waals surface area contributed by atoms with Gasteiger partial charge in [-0.3, -0.25) is 0 Å². The molecule has 14 rings (SSSR count). The van der Waals surface area contributed by atoms with Gasteiger partial charge in [0.25, 0.3) is 0 Å². The van der Waals surface area contributed by atoms with Crippen molar-refractivity contribution in [2.45, 2.75) is 38.5 Å². The predicted molar refractivity (Wildman–Crippen MR) is 257 cm³/mol. The third-order valence-electron chi connectivity index (χ3n) is 15.1. The van der Waals surface area contributed by atoms with E-state index >= 15 is 0 Å². The first-order valence-corrected chi connectivity index (χ1v) is 21.5. The second-order valence-electron chi connectivity index (χ2n) is 18.7. The number of hydrogen-bond acceptors (Lipinski definition) is 0. The van der Waals surface area contributed by atoms with Crippen molar-refractivity contribution in [3.05, 3.63) is 192 Å². The zero-order chi connectivity index (χ0) is 39.8. The summed E-state index contributed by atoms with van der Waals surface area (Å²) in [5, 5.41) is 18.7. The standard InChI is InChI=1S/C60H40/c1-59(2)48-24-9-7-18-38(48)40-28-26-34(30-50(40)59)53-47-32-46-37-17-6-5-16-36(37)42-20-13-23-45(55(42)46)56(47)54(58-44-22-12-15-33-14-11-21-43(52(33)44)57(53)58)35-27-29-41-39-19-8-10-25-49(39)60(3,4)51(41)31-35/h5-32H,1-4H3. The van der Waals surface area contributed by atoms with Crippen LogP contribution in [0.15, 0.2) is 170 Å². The van der Waals surface area contributed by atoms with Crippen molar-refractivity contribution in [3.8, 4) is 44.5 Å². The van der Waals surface area contributed by atoms with Crippen LogP contribution in [0.4, 0.5) is 0 Å². The molecule has 60 heavy (non-hydrogen) atoms. The Bertz CT molecular complexity index is 3870. The van der Waals surface area contributed by atoms with Crippen molar-refractivity contribution < 1.29 is 0 Å². The summed E-state index contributed by atoms with van der Waals surface area (Å²) in [6.07, 6.45) is 0. The minimum absolute atomic E-state index is 0.118. The number of fused-ring (bicyclic) bond motifs is 14. The smallest absolute Gasteiger partial charge is 0.0159 e. The van der Waals surface area contributed by atoms with E-state index in [1.165, 1.54) is 142 Å². The molecule has 0 N–H and O–H groups in total. The molecule has 0 unspecified atom stereocenters. The second-order valence-corrected chi connectivity index (χ2v) is 18.7. The third kappa shape index (κ3) is 3.85. The van der Waals surface area contributed by atoms with E-state index in [-0.39, 0.29) is 10.8 Å². The number of rotatable bonds is 2. The first-order chi connectivity index (χ1) is 29.3. The molecule has 0 aromatic heterocycles. The summed E-state index contributed by atoms with van der Waals surface area (Å²) >= 11 is 0. The first kappa shape index (κ1) is 32.9. The molecular weight excluding hydrogens is 721 g/mol. The van der Waals surface area contributed by atoms with Crippen molar-refractivity contribution in [2.24, 2.45) is 0 Å². The molecule has 0 heterocycles. The molecule has 12 aromatic rings. The van der Waals surface area contributed by atoms with Gasteiger partial charge in [0.1, 0.15) is 0 Å². The van der Waals surface area contributed by atoms with Crippen LogP contribution in [0.5, 0.6) is 0 Å². The van der Waals surface area contributed by atoms with E-state index in [2.05, 4.69) is 198 Å². The Labute approximate surface area is 349 Å². The van der Waals surface area contributed by atoms with Crippen molar-refractivity contribution in [1.29, 1.82) is 0 Å². The Kier molecular flexibility index (Phi) is 6.01. The van der Waals surface area contributed by atoms with E-state index in [9.17, 15) is 0 Å². The monoisotopic (exact) mass is 760 g/mol. The summed E-state index contributed by atoms with van der Waals surface area (Å²) in [4.78, 5) is 0. The summed E-state index contributed by atoms with van der Waals surface area (Å²) in [6, 6.07) is 65.4. The molecule has 12 aromatic carbocycles. The summed E-state index contributed by atoms with van der Waals surface area (Å²) in [5.41, 5.74) is 16.1. The van der Waals surface area contributed by atoms with Crippen LogP contribution >= 0.6 is 0 Å². The van der Waals surface area contributed by atoms with Gasteiger partial charge in [-0.15, -0.1) is 0 Å². The molecule has 0 nitrogen and oxygen atoms in total. The van der Waals surface area contributed by atoms with Crippen molar-refractivity contribution in [2.75, 3.05) is 0 Å². The average Bonchev–Trinajstić information content (AvgIpc) is 3.93. The fraction of sp³-hybridized carbons (Fsp3) is 0.100. The van der Waals surface area contributed by atoms with Gasteiger partial charge in [0.05, 0.1) is 0 Å². The van der Waals surface area contributed by atoms with Crippen LogP contribution in [0.1, 0.15) is 49.9 Å². The van der Waals surface area contributed by atoms with Gasteiger partial charge < -0.3 is 0 Å². The Morgan fingerprint density at radius 2 is 0.717 bits per heavy atom. The molecule has 0 bridgehead atoms. The molecule has 2 aliphatic rings. The quantitative estimate of drug-likeness (QED) is 0.154. The molecule has 0 heteroatoms. The fourth-order valence-corrected chi connectivity index (χ4v) is 12.5. The molecule has 0 amide bonds. The van der Waals surface area contributed by atoms with E-state index < -0.39 is 0 Å².